The largest absolute Gasteiger partial charge is 0.354 e. The molecule has 128 valence electrons. The number of piperidine rings is 1. The fourth-order valence-electron chi connectivity index (χ4n) is 4.15. The molecule has 1 amide bonds. The van der Waals surface area contributed by atoms with Gasteiger partial charge in [0.1, 0.15) is 0 Å². The third-order valence-corrected chi connectivity index (χ3v) is 5.38. The van der Waals surface area contributed by atoms with E-state index in [-0.39, 0.29) is 5.91 Å². The van der Waals surface area contributed by atoms with E-state index in [4.69, 9.17) is 0 Å². The van der Waals surface area contributed by atoms with Crippen molar-refractivity contribution in [2.75, 3.05) is 32.7 Å². The molecule has 1 aliphatic carbocycles. The van der Waals surface area contributed by atoms with E-state index in [0.29, 0.717) is 12.1 Å². The minimum absolute atomic E-state index is 0.106. The molecule has 2 aliphatic heterocycles. The Morgan fingerprint density at radius 3 is 2.74 bits per heavy atom. The summed E-state index contributed by atoms with van der Waals surface area (Å²) in [6, 6.07) is 1.05. The maximum Gasteiger partial charge on any atom is 0.217 e. The van der Waals surface area contributed by atoms with Crippen LogP contribution in [-0.2, 0) is 4.79 Å². The molecule has 1 fully saturated rings. The quantitative estimate of drug-likeness (QED) is 0.808. The van der Waals surface area contributed by atoms with Gasteiger partial charge in [-0.2, -0.15) is 0 Å². The molecule has 4 heteroatoms. The molecule has 1 N–H and O–H groups in total. The van der Waals surface area contributed by atoms with Crippen LogP contribution < -0.4 is 5.32 Å². The highest BCUT2D eigenvalue weighted by atomic mass is 16.1. The average Bonchev–Trinajstić information content (AvgIpc) is 2.57. The van der Waals surface area contributed by atoms with Crippen LogP contribution in [0.4, 0.5) is 0 Å². The molecule has 2 heterocycles. The molecule has 23 heavy (non-hydrogen) atoms. The maximum atomic E-state index is 11.2. The minimum Gasteiger partial charge on any atom is -0.354 e. The monoisotopic (exact) mass is 317 g/mol. The van der Waals surface area contributed by atoms with E-state index < -0.39 is 0 Å². The lowest BCUT2D eigenvalue weighted by molar-refractivity contribution is -0.119. The second-order valence-electron chi connectivity index (χ2n) is 7.30. The summed E-state index contributed by atoms with van der Waals surface area (Å²) in [5, 5.41) is 3.06. The Kier molecular flexibility index (Phi) is 5.90. The fourth-order valence-corrected chi connectivity index (χ4v) is 4.15. The third kappa shape index (κ3) is 4.92. The van der Waals surface area contributed by atoms with Crippen molar-refractivity contribution >= 4 is 5.91 Å². The number of amides is 1. The first-order chi connectivity index (χ1) is 11.2. The number of carbonyl (C=O) groups excluding carboxylic acids is 1. The first-order valence-electron chi connectivity index (χ1n) is 9.29. The molecule has 0 aromatic heterocycles. The lowest BCUT2D eigenvalue weighted by Gasteiger charge is -2.37. The second-order valence-corrected chi connectivity index (χ2v) is 7.30. The summed E-state index contributed by atoms with van der Waals surface area (Å²) in [5.74, 6) is 0.106. The Balaban J connectivity index is 1.45. The molecule has 0 aromatic carbocycles. The highest BCUT2D eigenvalue weighted by Crippen LogP contribution is 2.22. The summed E-state index contributed by atoms with van der Waals surface area (Å²) >= 11 is 0. The van der Waals surface area contributed by atoms with Crippen molar-refractivity contribution in [1.29, 1.82) is 0 Å². The van der Waals surface area contributed by atoms with Gasteiger partial charge in [0.2, 0.25) is 5.91 Å². The zero-order valence-electron chi connectivity index (χ0n) is 14.5. The fraction of sp³-hybridized carbons (Fsp3) is 0.737. The minimum atomic E-state index is 0.106. The van der Waals surface area contributed by atoms with Gasteiger partial charge in [-0.05, 0) is 44.1 Å². The van der Waals surface area contributed by atoms with Gasteiger partial charge in [0.05, 0.1) is 0 Å². The van der Waals surface area contributed by atoms with Crippen LogP contribution in [0.1, 0.15) is 45.4 Å². The number of carbonyl (C=O) groups is 1. The maximum absolute atomic E-state index is 11.2. The summed E-state index contributed by atoms with van der Waals surface area (Å²) in [6.07, 6.45) is 14.5. The van der Waals surface area contributed by atoms with E-state index >= 15 is 0 Å². The van der Waals surface area contributed by atoms with Crippen LogP contribution in [0.25, 0.3) is 0 Å². The predicted molar refractivity (Wildman–Crippen MR) is 94.3 cm³/mol. The SMILES string of the molecule is CC(=O)NC1CCN(CC2=CCCN(C3C=CCCC3)C2)CC1. The van der Waals surface area contributed by atoms with Crippen molar-refractivity contribution in [1.82, 2.24) is 15.1 Å². The van der Waals surface area contributed by atoms with E-state index in [1.807, 2.05) is 0 Å². The number of rotatable bonds is 4. The average molecular weight is 317 g/mol. The normalized spacial score (nSPS) is 27.7. The molecule has 1 atom stereocenters. The van der Waals surface area contributed by atoms with E-state index in [1.54, 1.807) is 12.5 Å². The molecule has 4 nitrogen and oxygen atoms in total. The van der Waals surface area contributed by atoms with E-state index in [9.17, 15) is 4.79 Å². The highest BCUT2D eigenvalue weighted by Gasteiger charge is 2.24. The third-order valence-electron chi connectivity index (χ3n) is 5.38. The number of allylic oxidation sites excluding steroid dienone is 1. The smallest absolute Gasteiger partial charge is 0.217 e. The number of likely N-dealkylation sites (tertiary alicyclic amines) is 1. The van der Waals surface area contributed by atoms with Gasteiger partial charge in [-0.25, -0.2) is 0 Å². The molecule has 0 spiro atoms. The standard InChI is InChI=1S/C19H31N3O/c1-16(23)20-18-9-12-21(13-10-18)14-17-6-5-11-22(15-17)19-7-3-2-4-8-19/h3,6-7,18-19H,2,4-5,8-15H2,1H3,(H,20,23). The molecule has 0 bridgehead atoms. The zero-order chi connectivity index (χ0) is 16.1. The van der Waals surface area contributed by atoms with Gasteiger partial charge < -0.3 is 5.32 Å². The van der Waals surface area contributed by atoms with Gasteiger partial charge in [-0.3, -0.25) is 14.6 Å². The Morgan fingerprint density at radius 2 is 2.04 bits per heavy atom. The number of nitrogens with one attached hydrogen (secondary N) is 1. The Labute approximate surface area is 140 Å². The molecule has 0 aromatic rings. The van der Waals surface area contributed by atoms with Crippen molar-refractivity contribution in [3.05, 3.63) is 23.8 Å². The van der Waals surface area contributed by atoms with Crippen LogP contribution in [-0.4, -0.2) is 60.5 Å². The lowest BCUT2D eigenvalue weighted by Crippen LogP contribution is -2.46. The molecule has 3 rings (SSSR count). The van der Waals surface area contributed by atoms with Gasteiger partial charge in [-0.15, -0.1) is 0 Å². The molecular formula is C19H31N3O. The van der Waals surface area contributed by atoms with Crippen molar-refractivity contribution in [2.45, 2.75) is 57.5 Å². The Morgan fingerprint density at radius 1 is 1.22 bits per heavy atom. The van der Waals surface area contributed by atoms with Gasteiger partial charge in [0, 0.05) is 51.7 Å². The summed E-state index contributed by atoms with van der Waals surface area (Å²) < 4.78 is 0. The van der Waals surface area contributed by atoms with Crippen LogP contribution in [0.15, 0.2) is 23.8 Å². The van der Waals surface area contributed by atoms with Crippen molar-refractivity contribution in [3.63, 3.8) is 0 Å². The first kappa shape index (κ1) is 16.7. The summed E-state index contributed by atoms with van der Waals surface area (Å²) in [7, 11) is 0. The number of hydrogen-bond donors (Lipinski definition) is 1. The zero-order valence-corrected chi connectivity index (χ0v) is 14.5. The van der Waals surface area contributed by atoms with Crippen LogP contribution >= 0.6 is 0 Å². The van der Waals surface area contributed by atoms with E-state index in [2.05, 4.69) is 33.3 Å². The van der Waals surface area contributed by atoms with Crippen LogP contribution in [0.5, 0.6) is 0 Å². The van der Waals surface area contributed by atoms with E-state index in [0.717, 1.165) is 39.0 Å². The first-order valence-corrected chi connectivity index (χ1v) is 9.29. The highest BCUT2D eigenvalue weighted by molar-refractivity contribution is 5.73. The molecule has 3 aliphatic rings. The number of nitrogens with zero attached hydrogens (tertiary/aromatic N) is 2. The topological polar surface area (TPSA) is 35.6 Å². The van der Waals surface area contributed by atoms with Gasteiger partial charge in [-0.1, -0.05) is 18.2 Å². The number of hydrogen-bond acceptors (Lipinski definition) is 3. The van der Waals surface area contributed by atoms with E-state index in [1.165, 1.54) is 32.2 Å². The summed E-state index contributed by atoms with van der Waals surface area (Å²) in [6.45, 7) is 7.29. The molecular weight excluding hydrogens is 286 g/mol. The van der Waals surface area contributed by atoms with Gasteiger partial charge in [0.15, 0.2) is 0 Å². The van der Waals surface area contributed by atoms with Crippen molar-refractivity contribution in [3.8, 4) is 0 Å². The predicted octanol–water partition coefficient (Wildman–Crippen LogP) is 2.33. The molecule has 1 unspecified atom stereocenters. The van der Waals surface area contributed by atoms with Crippen LogP contribution in [0, 0.1) is 0 Å². The van der Waals surface area contributed by atoms with Gasteiger partial charge >= 0.3 is 0 Å². The second kappa shape index (κ2) is 8.11. The Hall–Kier alpha value is -1.13. The van der Waals surface area contributed by atoms with Crippen molar-refractivity contribution < 1.29 is 4.79 Å². The van der Waals surface area contributed by atoms with Gasteiger partial charge in [0.25, 0.3) is 0 Å². The summed E-state index contributed by atoms with van der Waals surface area (Å²) in [4.78, 5) is 16.4. The van der Waals surface area contributed by atoms with Crippen LogP contribution in [0.3, 0.4) is 0 Å². The molecule has 0 radical (unpaired) electrons. The lowest BCUT2D eigenvalue weighted by atomic mass is 9.98. The molecule has 1 saturated heterocycles. The summed E-state index contributed by atoms with van der Waals surface area (Å²) in [5.41, 5.74) is 1.59. The Bertz CT molecular complexity index is 463. The molecule has 0 saturated carbocycles. The van der Waals surface area contributed by atoms with Crippen molar-refractivity contribution in [2.24, 2.45) is 0 Å². The van der Waals surface area contributed by atoms with Crippen LogP contribution in [0.2, 0.25) is 0 Å².